The second-order valence-electron chi connectivity index (χ2n) is 6.56. The van der Waals surface area contributed by atoms with E-state index < -0.39 is 0 Å². The molecule has 7 nitrogen and oxygen atoms in total. The maximum Gasteiger partial charge on any atom is 0.178 e. The average molecular weight is 326 g/mol. The third-order valence-electron chi connectivity index (χ3n) is 4.59. The van der Waals surface area contributed by atoms with Gasteiger partial charge in [-0.05, 0) is 45.0 Å². The number of aryl methyl sites for hydroxylation is 2. The molecule has 4 heterocycles. The molecule has 0 spiro atoms. The van der Waals surface area contributed by atoms with Gasteiger partial charge >= 0.3 is 0 Å². The van der Waals surface area contributed by atoms with Crippen LogP contribution in [-0.4, -0.2) is 39.4 Å². The Morgan fingerprint density at radius 3 is 2.79 bits per heavy atom. The van der Waals surface area contributed by atoms with Crippen LogP contribution in [0.2, 0.25) is 0 Å². The van der Waals surface area contributed by atoms with Crippen molar-refractivity contribution >= 4 is 11.5 Å². The summed E-state index contributed by atoms with van der Waals surface area (Å²) < 4.78 is 7.46. The van der Waals surface area contributed by atoms with Gasteiger partial charge in [0.05, 0.1) is 6.04 Å². The quantitative estimate of drug-likeness (QED) is 0.774. The lowest BCUT2D eigenvalue weighted by atomic mass is 10.00. The van der Waals surface area contributed by atoms with Gasteiger partial charge in [0.25, 0.3) is 0 Å². The van der Waals surface area contributed by atoms with E-state index in [0.29, 0.717) is 5.92 Å². The SMILES string of the molecule is Cc1ccc(C(C)NCC2CN(c3ccc4nnc(C)n4n3)C2)o1. The first kappa shape index (κ1) is 15.1. The van der Waals surface area contributed by atoms with E-state index in [1.54, 1.807) is 4.52 Å². The van der Waals surface area contributed by atoms with Gasteiger partial charge in [0.2, 0.25) is 0 Å². The summed E-state index contributed by atoms with van der Waals surface area (Å²) in [7, 11) is 0. The van der Waals surface area contributed by atoms with Crippen molar-refractivity contribution < 1.29 is 4.42 Å². The molecule has 1 saturated heterocycles. The van der Waals surface area contributed by atoms with Crippen LogP contribution in [0.4, 0.5) is 5.82 Å². The molecule has 1 aliphatic heterocycles. The minimum absolute atomic E-state index is 0.238. The molecule has 1 unspecified atom stereocenters. The zero-order valence-electron chi connectivity index (χ0n) is 14.2. The van der Waals surface area contributed by atoms with Crippen molar-refractivity contribution in [1.82, 2.24) is 25.1 Å². The monoisotopic (exact) mass is 326 g/mol. The number of hydrogen-bond donors (Lipinski definition) is 1. The van der Waals surface area contributed by atoms with Crippen LogP contribution in [0.1, 0.15) is 30.3 Å². The normalized spacial score (nSPS) is 16.5. The van der Waals surface area contributed by atoms with Gasteiger partial charge in [-0.1, -0.05) is 0 Å². The molecule has 0 saturated carbocycles. The number of fused-ring (bicyclic) bond motifs is 1. The molecule has 0 amide bonds. The Hall–Kier alpha value is -2.41. The number of anilines is 1. The highest BCUT2D eigenvalue weighted by Crippen LogP contribution is 2.23. The van der Waals surface area contributed by atoms with Crippen molar-refractivity contribution in [1.29, 1.82) is 0 Å². The summed E-state index contributed by atoms with van der Waals surface area (Å²) in [6.45, 7) is 9.02. The standard InChI is InChI=1S/C17H22N6O/c1-11-4-5-15(24-11)12(2)18-8-14-9-22(10-14)17-7-6-16-20-19-13(3)23(16)21-17/h4-7,12,14,18H,8-10H2,1-3H3. The maximum absolute atomic E-state index is 5.67. The van der Waals surface area contributed by atoms with Gasteiger partial charge in [-0.15, -0.1) is 15.3 Å². The minimum Gasteiger partial charge on any atom is -0.465 e. The number of rotatable bonds is 5. The van der Waals surface area contributed by atoms with Crippen molar-refractivity contribution in [3.05, 3.63) is 41.6 Å². The number of nitrogens with zero attached hydrogens (tertiary/aromatic N) is 5. The molecule has 0 bridgehead atoms. The molecule has 7 heteroatoms. The van der Waals surface area contributed by atoms with Crippen LogP contribution in [0.3, 0.4) is 0 Å². The first-order valence-electron chi connectivity index (χ1n) is 8.34. The topological polar surface area (TPSA) is 71.5 Å². The predicted molar refractivity (Wildman–Crippen MR) is 91.1 cm³/mol. The third kappa shape index (κ3) is 2.75. The van der Waals surface area contributed by atoms with E-state index in [0.717, 1.165) is 48.4 Å². The summed E-state index contributed by atoms with van der Waals surface area (Å²) in [5.41, 5.74) is 0.789. The fraction of sp³-hybridized carbons (Fsp3) is 0.471. The smallest absolute Gasteiger partial charge is 0.178 e. The zero-order valence-corrected chi connectivity index (χ0v) is 14.2. The molecule has 4 rings (SSSR count). The van der Waals surface area contributed by atoms with E-state index in [1.165, 1.54) is 0 Å². The molecule has 3 aromatic heterocycles. The van der Waals surface area contributed by atoms with Crippen LogP contribution in [0.25, 0.3) is 5.65 Å². The molecule has 1 fully saturated rings. The Kier molecular flexibility index (Phi) is 3.72. The second kappa shape index (κ2) is 5.90. The van der Waals surface area contributed by atoms with Gasteiger partial charge in [0, 0.05) is 25.6 Å². The average Bonchev–Trinajstić information content (AvgIpc) is 3.12. The fourth-order valence-electron chi connectivity index (χ4n) is 3.07. The number of aromatic nitrogens is 4. The van der Waals surface area contributed by atoms with Crippen molar-refractivity contribution in [2.75, 3.05) is 24.5 Å². The van der Waals surface area contributed by atoms with E-state index in [1.807, 2.05) is 38.1 Å². The molecule has 0 radical (unpaired) electrons. The van der Waals surface area contributed by atoms with Crippen LogP contribution in [-0.2, 0) is 0 Å². The highest BCUT2D eigenvalue weighted by atomic mass is 16.3. The van der Waals surface area contributed by atoms with Gasteiger partial charge in [-0.2, -0.15) is 4.52 Å². The molecule has 1 atom stereocenters. The molecular formula is C17H22N6O. The Bertz CT molecular complexity index is 848. The highest BCUT2D eigenvalue weighted by molar-refractivity contribution is 5.47. The summed E-state index contributed by atoms with van der Waals surface area (Å²) in [5.74, 6) is 4.38. The first-order chi connectivity index (χ1) is 11.6. The Labute approximate surface area is 140 Å². The van der Waals surface area contributed by atoms with Crippen molar-refractivity contribution in [2.24, 2.45) is 5.92 Å². The fourth-order valence-corrected chi connectivity index (χ4v) is 3.07. The van der Waals surface area contributed by atoms with E-state index in [-0.39, 0.29) is 6.04 Å². The van der Waals surface area contributed by atoms with Gasteiger partial charge in [0.15, 0.2) is 11.5 Å². The summed E-state index contributed by atoms with van der Waals surface area (Å²) >= 11 is 0. The molecule has 1 N–H and O–H groups in total. The van der Waals surface area contributed by atoms with Crippen LogP contribution in [0, 0.1) is 19.8 Å². The van der Waals surface area contributed by atoms with Crippen molar-refractivity contribution in [3.63, 3.8) is 0 Å². The molecule has 126 valence electrons. The van der Waals surface area contributed by atoms with Crippen LogP contribution in [0.15, 0.2) is 28.7 Å². The van der Waals surface area contributed by atoms with E-state index in [9.17, 15) is 0 Å². The largest absolute Gasteiger partial charge is 0.465 e. The predicted octanol–water partition coefficient (Wildman–Crippen LogP) is 2.12. The number of nitrogens with one attached hydrogen (secondary N) is 1. The lowest BCUT2D eigenvalue weighted by Crippen LogP contribution is -2.51. The Balaban J connectivity index is 1.31. The summed E-state index contributed by atoms with van der Waals surface area (Å²) in [6.07, 6.45) is 0. The van der Waals surface area contributed by atoms with E-state index >= 15 is 0 Å². The summed E-state index contributed by atoms with van der Waals surface area (Å²) in [6, 6.07) is 8.27. The highest BCUT2D eigenvalue weighted by Gasteiger charge is 2.28. The van der Waals surface area contributed by atoms with Gasteiger partial charge in [-0.25, -0.2) is 0 Å². The Morgan fingerprint density at radius 2 is 2.04 bits per heavy atom. The number of hydrogen-bond acceptors (Lipinski definition) is 6. The Morgan fingerprint density at radius 1 is 1.21 bits per heavy atom. The van der Waals surface area contributed by atoms with Crippen molar-refractivity contribution in [3.8, 4) is 0 Å². The maximum atomic E-state index is 5.67. The van der Waals surface area contributed by atoms with Crippen LogP contribution >= 0.6 is 0 Å². The third-order valence-corrected chi connectivity index (χ3v) is 4.59. The molecule has 1 aliphatic rings. The zero-order chi connectivity index (χ0) is 16.7. The van der Waals surface area contributed by atoms with Crippen LogP contribution in [0.5, 0.6) is 0 Å². The van der Waals surface area contributed by atoms with E-state index in [2.05, 4.69) is 32.4 Å². The van der Waals surface area contributed by atoms with E-state index in [4.69, 9.17) is 4.42 Å². The summed E-state index contributed by atoms with van der Waals surface area (Å²) in [5, 5.41) is 16.3. The molecule has 3 aromatic rings. The number of furan rings is 1. The molecule has 24 heavy (non-hydrogen) atoms. The lowest BCUT2D eigenvalue weighted by Gasteiger charge is -2.40. The van der Waals surface area contributed by atoms with Crippen LogP contribution < -0.4 is 10.2 Å². The molecule has 0 aromatic carbocycles. The second-order valence-corrected chi connectivity index (χ2v) is 6.56. The minimum atomic E-state index is 0.238. The first-order valence-corrected chi connectivity index (χ1v) is 8.34. The van der Waals surface area contributed by atoms with Gasteiger partial charge in [-0.3, -0.25) is 0 Å². The molecule has 0 aliphatic carbocycles. The van der Waals surface area contributed by atoms with Crippen molar-refractivity contribution in [2.45, 2.75) is 26.8 Å². The van der Waals surface area contributed by atoms with Gasteiger partial charge in [0.1, 0.15) is 17.3 Å². The molecular weight excluding hydrogens is 304 g/mol. The van der Waals surface area contributed by atoms with Gasteiger partial charge < -0.3 is 14.6 Å². The lowest BCUT2D eigenvalue weighted by molar-refractivity contribution is 0.344. The summed E-state index contributed by atoms with van der Waals surface area (Å²) in [4.78, 5) is 2.28.